The summed E-state index contributed by atoms with van der Waals surface area (Å²) >= 11 is 0. The Hall–Kier alpha value is -0.0800. The van der Waals surface area contributed by atoms with E-state index in [-0.39, 0.29) is 29.6 Å². The van der Waals surface area contributed by atoms with Crippen molar-refractivity contribution in [3.63, 3.8) is 0 Å². The highest BCUT2D eigenvalue weighted by Gasteiger charge is 2.32. The lowest BCUT2D eigenvalue weighted by molar-refractivity contribution is -0.0828. The van der Waals surface area contributed by atoms with E-state index in [4.69, 9.17) is 9.47 Å². The Bertz CT molecular complexity index is 280. The van der Waals surface area contributed by atoms with Gasteiger partial charge < -0.3 is 20.1 Å². The molecule has 1 fully saturated rings. The Kier molecular flexibility index (Phi) is 10.6. The van der Waals surface area contributed by atoms with Gasteiger partial charge in [-0.2, -0.15) is 0 Å². The molecule has 0 amide bonds. The Morgan fingerprint density at radius 1 is 1.30 bits per heavy atom. The van der Waals surface area contributed by atoms with Crippen LogP contribution in [0.25, 0.3) is 0 Å². The highest BCUT2D eigenvalue weighted by molar-refractivity contribution is 14.0. The summed E-state index contributed by atoms with van der Waals surface area (Å²) in [5, 5.41) is 6.62. The van der Waals surface area contributed by atoms with Gasteiger partial charge in [0.25, 0.3) is 0 Å². The zero-order chi connectivity index (χ0) is 14.1. The highest BCUT2D eigenvalue weighted by atomic mass is 127. The third-order valence-electron chi connectivity index (χ3n) is 3.38. The lowest BCUT2D eigenvalue weighted by Crippen LogP contribution is -2.44. The number of nitrogens with one attached hydrogen (secondary N) is 2. The van der Waals surface area contributed by atoms with Crippen LogP contribution in [0.1, 0.15) is 33.6 Å². The Morgan fingerprint density at radius 2 is 1.95 bits per heavy atom. The van der Waals surface area contributed by atoms with E-state index in [1.165, 1.54) is 0 Å². The van der Waals surface area contributed by atoms with Crippen LogP contribution in [-0.4, -0.2) is 51.5 Å². The minimum Gasteiger partial charge on any atom is -0.381 e. The Balaban J connectivity index is 0.00000361. The van der Waals surface area contributed by atoms with Gasteiger partial charge in [-0.15, -0.1) is 24.0 Å². The van der Waals surface area contributed by atoms with Gasteiger partial charge in [0.1, 0.15) is 0 Å². The quantitative estimate of drug-likeness (QED) is 0.408. The van der Waals surface area contributed by atoms with E-state index >= 15 is 0 Å². The summed E-state index contributed by atoms with van der Waals surface area (Å²) in [5.41, 5.74) is -0.154. The number of hydrogen-bond acceptors (Lipinski definition) is 3. The summed E-state index contributed by atoms with van der Waals surface area (Å²) in [6.45, 7) is 10.4. The van der Waals surface area contributed by atoms with Gasteiger partial charge in [-0.1, -0.05) is 13.8 Å². The van der Waals surface area contributed by atoms with Crippen molar-refractivity contribution in [2.75, 3.05) is 40.0 Å². The molecule has 6 heteroatoms. The number of hydrogen-bond donors (Lipinski definition) is 2. The predicted octanol–water partition coefficient (Wildman–Crippen LogP) is 2.01. The monoisotopic (exact) mass is 399 g/mol. The molecule has 1 aliphatic rings. The predicted molar refractivity (Wildman–Crippen MR) is 94.0 cm³/mol. The molecular formula is C14H30IN3O2. The molecule has 2 N–H and O–H groups in total. The van der Waals surface area contributed by atoms with E-state index in [0.29, 0.717) is 12.5 Å². The Morgan fingerprint density at radius 3 is 2.45 bits per heavy atom. The number of nitrogens with zero attached hydrogens (tertiary/aromatic N) is 1. The number of ether oxygens (including phenoxy) is 2. The molecule has 120 valence electrons. The average Bonchev–Trinajstić information content (AvgIpc) is 2.43. The molecule has 0 unspecified atom stereocenters. The molecule has 0 spiro atoms. The van der Waals surface area contributed by atoms with E-state index in [2.05, 4.69) is 36.4 Å². The summed E-state index contributed by atoms with van der Waals surface area (Å²) in [7, 11) is 1.77. The second-order valence-corrected chi connectivity index (χ2v) is 5.47. The van der Waals surface area contributed by atoms with Crippen LogP contribution in [0.2, 0.25) is 0 Å². The molecule has 1 saturated heterocycles. The topological polar surface area (TPSA) is 54.9 Å². The maximum absolute atomic E-state index is 5.69. The van der Waals surface area contributed by atoms with Gasteiger partial charge >= 0.3 is 0 Å². The van der Waals surface area contributed by atoms with Crippen molar-refractivity contribution in [2.24, 2.45) is 10.9 Å². The normalized spacial score (nSPS) is 18.6. The van der Waals surface area contributed by atoms with Crippen LogP contribution in [0, 0.1) is 5.92 Å². The lowest BCUT2D eigenvalue weighted by Gasteiger charge is -2.34. The Labute approximate surface area is 140 Å². The van der Waals surface area contributed by atoms with E-state index in [1.54, 1.807) is 7.11 Å². The first-order chi connectivity index (χ1) is 9.12. The fourth-order valence-electron chi connectivity index (χ4n) is 2.04. The van der Waals surface area contributed by atoms with E-state index < -0.39 is 0 Å². The van der Waals surface area contributed by atoms with Crippen molar-refractivity contribution in [3.05, 3.63) is 0 Å². The van der Waals surface area contributed by atoms with Crippen molar-refractivity contribution in [1.82, 2.24) is 10.6 Å². The van der Waals surface area contributed by atoms with Crippen molar-refractivity contribution in [2.45, 2.75) is 39.2 Å². The van der Waals surface area contributed by atoms with Crippen LogP contribution in [0.3, 0.4) is 0 Å². The molecule has 0 aliphatic carbocycles. The third kappa shape index (κ3) is 7.08. The smallest absolute Gasteiger partial charge is 0.191 e. The molecule has 0 saturated carbocycles. The van der Waals surface area contributed by atoms with Crippen molar-refractivity contribution >= 4 is 29.9 Å². The SMILES string of the molecule is CCNC(=NCC1(OC)CCOCC1)NCC(C)C.I. The second kappa shape index (κ2) is 10.6. The molecule has 0 aromatic heterocycles. The second-order valence-electron chi connectivity index (χ2n) is 5.47. The first kappa shape index (κ1) is 19.9. The highest BCUT2D eigenvalue weighted by Crippen LogP contribution is 2.24. The van der Waals surface area contributed by atoms with Gasteiger partial charge in [0, 0.05) is 46.3 Å². The molecular weight excluding hydrogens is 369 g/mol. The molecule has 0 aromatic carbocycles. The fraction of sp³-hybridized carbons (Fsp3) is 0.929. The first-order valence-corrected chi connectivity index (χ1v) is 7.27. The van der Waals surface area contributed by atoms with Gasteiger partial charge in [-0.25, -0.2) is 0 Å². The fourth-order valence-corrected chi connectivity index (χ4v) is 2.04. The number of guanidine groups is 1. The van der Waals surface area contributed by atoms with E-state index in [9.17, 15) is 0 Å². The summed E-state index contributed by atoms with van der Waals surface area (Å²) < 4.78 is 11.1. The zero-order valence-electron chi connectivity index (χ0n) is 13.2. The molecule has 0 atom stereocenters. The minimum atomic E-state index is -0.154. The number of halogens is 1. The summed E-state index contributed by atoms with van der Waals surface area (Å²) in [4.78, 5) is 4.67. The maximum Gasteiger partial charge on any atom is 0.191 e. The van der Waals surface area contributed by atoms with Gasteiger partial charge in [0.15, 0.2) is 5.96 Å². The largest absolute Gasteiger partial charge is 0.381 e. The summed E-state index contributed by atoms with van der Waals surface area (Å²) in [6.07, 6.45) is 1.83. The molecule has 1 rings (SSSR count). The van der Waals surface area contributed by atoms with E-state index in [1.807, 2.05) is 0 Å². The molecule has 0 bridgehead atoms. The number of aliphatic imine (C=N–C) groups is 1. The molecule has 0 aromatic rings. The molecule has 5 nitrogen and oxygen atoms in total. The maximum atomic E-state index is 5.69. The van der Waals surface area contributed by atoms with Crippen LogP contribution in [0.5, 0.6) is 0 Å². The molecule has 0 radical (unpaired) electrons. The van der Waals surface area contributed by atoms with Crippen LogP contribution in [0.15, 0.2) is 4.99 Å². The molecule has 20 heavy (non-hydrogen) atoms. The van der Waals surface area contributed by atoms with Crippen molar-refractivity contribution in [3.8, 4) is 0 Å². The van der Waals surface area contributed by atoms with Crippen LogP contribution < -0.4 is 10.6 Å². The first-order valence-electron chi connectivity index (χ1n) is 7.27. The number of rotatable bonds is 6. The van der Waals surface area contributed by atoms with Gasteiger partial charge in [0.05, 0.1) is 12.1 Å². The zero-order valence-corrected chi connectivity index (χ0v) is 15.5. The minimum absolute atomic E-state index is 0. The van der Waals surface area contributed by atoms with Gasteiger partial charge in [0.2, 0.25) is 0 Å². The average molecular weight is 399 g/mol. The standard InChI is InChI=1S/C14H29N3O2.HI/c1-5-15-13(16-10-12(2)3)17-11-14(18-4)6-8-19-9-7-14;/h12H,5-11H2,1-4H3,(H2,15,16,17);1H. The van der Waals surface area contributed by atoms with Gasteiger partial charge in [-0.3, -0.25) is 4.99 Å². The molecule has 1 heterocycles. The van der Waals surface area contributed by atoms with E-state index in [0.717, 1.165) is 45.1 Å². The van der Waals surface area contributed by atoms with Crippen molar-refractivity contribution < 1.29 is 9.47 Å². The van der Waals surface area contributed by atoms with Crippen molar-refractivity contribution in [1.29, 1.82) is 0 Å². The molecule has 1 aliphatic heterocycles. The van der Waals surface area contributed by atoms with Crippen LogP contribution in [-0.2, 0) is 9.47 Å². The van der Waals surface area contributed by atoms with Crippen LogP contribution in [0.4, 0.5) is 0 Å². The number of methoxy groups -OCH3 is 1. The lowest BCUT2D eigenvalue weighted by atomic mass is 9.94. The van der Waals surface area contributed by atoms with Gasteiger partial charge in [-0.05, 0) is 12.8 Å². The van der Waals surface area contributed by atoms with Crippen LogP contribution >= 0.6 is 24.0 Å². The third-order valence-corrected chi connectivity index (χ3v) is 3.38. The summed E-state index contributed by atoms with van der Waals surface area (Å²) in [6, 6.07) is 0. The summed E-state index contributed by atoms with van der Waals surface area (Å²) in [5.74, 6) is 1.47.